The van der Waals surface area contributed by atoms with E-state index in [2.05, 4.69) is 0 Å². The lowest BCUT2D eigenvalue weighted by Gasteiger charge is -2.25. The number of nitrogens with two attached hydrogens (primary N) is 1. The molecule has 0 unspecified atom stereocenters. The van der Waals surface area contributed by atoms with Crippen molar-refractivity contribution in [2.24, 2.45) is 5.73 Å². The molecule has 1 atom stereocenters. The minimum absolute atomic E-state index is 0.195. The normalized spacial score (nSPS) is 13.4. The second-order valence-corrected chi connectivity index (χ2v) is 5.03. The van der Waals surface area contributed by atoms with Crippen molar-refractivity contribution in [2.45, 2.75) is 31.9 Å². The van der Waals surface area contributed by atoms with Gasteiger partial charge in [-0.25, -0.2) is 0 Å². The first-order valence-corrected chi connectivity index (χ1v) is 6.11. The Bertz CT molecular complexity index is 343. The quantitative estimate of drug-likeness (QED) is 0.770. The molecule has 0 aromatic heterocycles. The number of methoxy groups -OCH3 is 1. The summed E-state index contributed by atoms with van der Waals surface area (Å²) in [6.45, 7) is 4.45. The maximum atomic E-state index is 9.75. The first-order valence-electron chi connectivity index (χ1n) is 6.11. The first kappa shape index (κ1) is 15.0. The molecule has 4 nitrogen and oxygen atoms in total. The van der Waals surface area contributed by atoms with E-state index in [0.717, 1.165) is 12.2 Å². The standard InChI is InChI=1S/C14H23NO3/c1-14(2,15)13(16)10-18-12-6-4-11(5-7-12)8-9-17-3/h4-7,13,16H,8-10,15H2,1-3H3/t13-/m1/s1. The van der Waals surface area contributed by atoms with E-state index in [-0.39, 0.29) is 6.61 Å². The molecule has 0 heterocycles. The van der Waals surface area contributed by atoms with Crippen LogP contribution in [0.3, 0.4) is 0 Å². The predicted molar refractivity (Wildman–Crippen MR) is 71.8 cm³/mol. The molecule has 18 heavy (non-hydrogen) atoms. The monoisotopic (exact) mass is 253 g/mol. The van der Waals surface area contributed by atoms with Gasteiger partial charge in [-0.15, -0.1) is 0 Å². The SMILES string of the molecule is COCCc1ccc(OC[C@@H](O)C(C)(C)N)cc1. The lowest BCUT2D eigenvalue weighted by Crippen LogP contribution is -2.48. The Balaban J connectivity index is 2.44. The van der Waals surface area contributed by atoms with Crippen LogP contribution >= 0.6 is 0 Å². The van der Waals surface area contributed by atoms with Crippen LogP contribution in [-0.4, -0.2) is 37.1 Å². The van der Waals surface area contributed by atoms with Crippen molar-refractivity contribution < 1.29 is 14.6 Å². The summed E-state index contributed by atoms with van der Waals surface area (Å²) in [6.07, 6.45) is 0.195. The molecule has 0 aliphatic rings. The summed E-state index contributed by atoms with van der Waals surface area (Å²) >= 11 is 0. The zero-order chi connectivity index (χ0) is 13.6. The van der Waals surface area contributed by atoms with Gasteiger partial charge in [-0.2, -0.15) is 0 Å². The van der Waals surface area contributed by atoms with Crippen molar-refractivity contribution in [3.63, 3.8) is 0 Å². The summed E-state index contributed by atoms with van der Waals surface area (Å²) in [5.41, 5.74) is 6.32. The van der Waals surface area contributed by atoms with Crippen LogP contribution < -0.4 is 10.5 Å². The highest BCUT2D eigenvalue weighted by Crippen LogP contribution is 2.14. The van der Waals surface area contributed by atoms with Crippen molar-refractivity contribution in [1.82, 2.24) is 0 Å². The molecule has 0 fully saturated rings. The molecule has 0 radical (unpaired) electrons. The summed E-state index contributed by atoms with van der Waals surface area (Å²) in [4.78, 5) is 0. The summed E-state index contributed by atoms with van der Waals surface area (Å²) in [6, 6.07) is 7.77. The van der Waals surface area contributed by atoms with Crippen molar-refractivity contribution >= 4 is 0 Å². The molecule has 3 N–H and O–H groups in total. The molecule has 0 aliphatic carbocycles. The van der Waals surface area contributed by atoms with E-state index in [4.69, 9.17) is 15.2 Å². The van der Waals surface area contributed by atoms with E-state index in [0.29, 0.717) is 6.61 Å². The molecule has 1 aromatic carbocycles. The maximum Gasteiger partial charge on any atom is 0.119 e. The van der Waals surface area contributed by atoms with Crippen LogP contribution in [-0.2, 0) is 11.2 Å². The number of hydrogen-bond acceptors (Lipinski definition) is 4. The highest BCUT2D eigenvalue weighted by Gasteiger charge is 2.23. The number of rotatable bonds is 7. The van der Waals surface area contributed by atoms with Gasteiger partial charge in [0.05, 0.1) is 6.61 Å². The molecule has 0 spiro atoms. The van der Waals surface area contributed by atoms with Crippen LogP contribution in [0.25, 0.3) is 0 Å². The van der Waals surface area contributed by atoms with Gasteiger partial charge in [0.1, 0.15) is 18.5 Å². The number of benzene rings is 1. The average Bonchev–Trinajstić information content (AvgIpc) is 2.33. The number of aliphatic hydroxyl groups excluding tert-OH is 1. The number of aliphatic hydroxyl groups is 1. The van der Waals surface area contributed by atoms with Crippen molar-refractivity contribution in [3.8, 4) is 5.75 Å². The lowest BCUT2D eigenvalue weighted by atomic mass is 10.00. The third kappa shape index (κ3) is 5.04. The lowest BCUT2D eigenvalue weighted by molar-refractivity contribution is 0.0545. The van der Waals surface area contributed by atoms with Gasteiger partial charge in [-0.1, -0.05) is 12.1 Å². The first-order chi connectivity index (χ1) is 8.43. The Labute approximate surface area is 109 Å². The fourth-order valence-electron chi connectivity index (χ4n) is 1.36. The largest absolute Gasteiger partial charge is 0.491 e. The van der Waals surface area contributed by atoms with Crippen LogP contribution in [0.2, 0.25) is 0 Å². The Morgan fingerprint density at radius 3 is 2.39 bits per heavy atom. The van der Waals surface area contributed by atoms with Crippen LogP contribution in [0.15, 0.2) is 24.3 Å². The minimum atomic E-state index is -0.689. The van der Waals surface area contributed by atoms with E-state index in [1.807, 2.05) is 24.3 Å². The topological polar surface area (TPSA) is 64.7 Å². The van der Waals surface area contributed by atoms with Crippen LogP contribution in [0.5, 0.6) is 5.75 Å². The number of ether oxygens (including phenoxy) is 2. The Morgan fingerprint density at radius 2 is 1.89 bits per heavy atom. The second kappa shape index (κ2) is 6.73. The fraction of sp³-hybridized carbons (Fsp3) is 0.571. The number of hydrogen-bond donors (Lipinski definition) is 2. The minimum Gasteiger partial charge on any atom is -0.491 e. The summed E-state index contributed by atoms with van der Waals surface area (Å²) in [5.74, 6) is 0.736. The van der Waals surface area contributed by atoms with Crippen molar-refractivity contribution in [2.75, 3.05) is 20.3 Å². The Kier molecular flexibility index (Phi) is 5.59. The smallest absolute Gasteiger partial charge is 0.119 e. The van der Waals surface area contributed by atoms with Crippen LogP contribution in [0.4, 0.5) is 0 Å². The molecule has 1 aromatic rings. The molecule has 0 amide bonds. The maximum absolute atomic E-state index is 9.75. The van der Waals surface area contributed by atoms with Gasteiger partial charge in [0.15, 0.2) is 0 Å². The second-order valence-electron chi connectivity index (χ2n) is 5.03. The van der Waals surface area contributed by atoms with Gasteiger partial charge >= 0.3 is 0 Å². The molecule has 0 aliphatic heterocycles. The summed E-state index contributed by atoms with van der Waals surface area (Å²) in [5, 5.41) is 9.75. The molecule has 0 saturated heterocycles. The molecule has 0 saturated carbocycles. The average molecular weight is 253 g/mol. The summed E-state index contributed by atoms with van der Waals surface area (Å²) in [7, 11) is 1.69. The molecular weight excluding hydrogens is 230 g/mol. The van der Waals surface area contributed by atoms with E-state index in [1.54, 1.807) is 21.0 Å². The van der Waals surface area contributed by atoms with Crippen molar-refractivity contribution in [3.05, 3.63) is 29.8 Å². The Morgan fingerprint density at radius 1 is 1.28 bits per heavy atom. The van der Waals surface area contributed by atoms with Gasteiger partial charge in [-0.05, 0) is 38.0 Å². The summed E-state index contributed by atoms with van der Waals surface area (Å²) < 4.78 is 10.5. The Hall–Kier alpha value is -1.10. The van der Waals surface area contributed by atoms with Gasteiger partial charge in [-0.3, -0.25) is 0 Å². The third-order valence-corrected chi connectivity index (χ3v) is 2.78. The molecule has 102 valence electrons. The van der Waals surface area contributed by atoms with Gasteiger partial charge in [0, 0.05) is 12.6 Å². The van der Waals surface area contributed by atoms with E-state index < -0.39 is 11.6 Å². The van der Waals surface area contributed by atoms with E-state index in [9.17, 15) is 5.11 Å². The third-order valence-electron chi connectivity index (χ3n) is 2.78. The van der Waals surface area contributed by atoms with Crippen molar-refractivity contribution in [1.29, 1.82) is 0 Å². The zero-order valence-electron chi connectivity index (χ0n) is 11.3. The van der Waals surface area contributed by atoms with E-state index in [1.165, 1.54) is 5.56 Å². The fourth-order valence-corrected chi connectivity index (χ4v) is 1.36. The molecule has 0 bridgehead atoms. The molecular formula is C14H23NO3. The van der Waals surface area contributed by atoms with Crippen LogP contribution in [0, 0.1) is 0 Å². The molecule has 4 heteroatoms. The zero-order valence-corrected chi connectivity index (χ0v) is 11.3. The van der Waals surface area contributed by atoms with Gasteiger partial charge < -0.3 is 20.3 Å². The highest BCUT2D eigenvalue weighted by atomic mass is 16.5. The van der Waals surface area contributed by atoms with Crippen LogP contribution in [0.1, 0.15) is 19.4 Å². The highest BCUT2D eigenvalue weighted by molar-refractivity contribution is 5.27. The van der Waals surface area contributed by atoms with Gasteiger partial charge in [0.25, 0.3) is 0 Å². The van der Waals surface area contributed by atoms with E-state index >= 15 is 0 Å². The van der Waals surface area contributed by atoms with Gasteiger partial charge in [0.2, 0.25) is 0 Å². The predicted octanol–water partition coefficient (Wildman–Crippen LogP) is 1.35. The molecule has 1 rings (SSSR count).